The van der Waals surface area contributed by atoms with Gasteiger partial charge in [-0.3, -0.25) is 0 Å². The van der Waals surface area contributed by atoms with Crippen molar-refractivity contribution in [1.29, 1.82) is 0 Å². The van der Waals surface area contributed by atoms with Crippen LogP contribution < -0.4 is 9.80 Å². The molecule has 2 nitrogen and oxygen atoms in total. The average Bonchev–Trinajstić information content (AvgIpc) is 3.65. The van der Waals surface area contributed by atoms with Crippen LogP contribution in [-0.4, -0.2) is 6.04 Å². The van der Waals surface area contributed by atoms with Crippen LogP contribution >= 0.6 is 0 Å². The minimum atomic E-state index is -0.0472. The molecule has 0 aliphatic heterocycles. The summed E-state index contributed by atoms with van der Waals surface area (Å²) < 4.78 is 0. The molecule has 60 heavy (non-hydrogen) atoms. The van der Waals surface area contributed by atoms with Crippen LogP contribution in [0.1, 0.15) is 80.3 Å². The summed E-state index contributed by atoms with van der Waals surface area (Å²) >= 11 is 0. The molecule has 0 spiro atoms. The molecule has 1 atom stereocenters. The molecule has 11 rings (SSSR count). The number of nitrogens with zero attached hydrogens (tertiary/aromatic N) is 2. The zero-order valence-electron chi connectivity index (χ0n) is 35.7. The molecule has 0 saturated heterocycles. The van der Waals surface area contributed by atoms with E-state index in [4.69, 9.17) is 0 Å². The number of rotatable bonds is 6. The van der Waals surface area contributed by atoms with Gasteiger partial charge < -0.3 is 9.80 Å². The highest BCUT2D eigenvalue weighted by Gasteiger charge is 2.41. The number of anilines is 5. The average molecular weight is 777 g/mol. The highest BCUT2D eigenvalue weighted by molar-refractivity contribution is 6.08. The lowest BCUT2D eigenvalue weighted by molar-refractivity contribution is 0.607. The van der Waals surface area contributed by atoms with Crippen molar-refractivity contribution < 1.29 is 0 Å². The largest absolute Gasteiger partial charge is 0.334 e. The lowest BCUT2D eigenvalue weighted by atomic mass is 9.78. The van der Waals surface area contributed by atoms with Gasteiger partial charge >= 0.3 is 0 Å². The van der Waals surface area contributed by atoms with Gasteiger partial charge in [-0.2, -0.15) is 0 Å². The van der Waals surface area contributed by atoms with E-state index in [1.165, 1.54) is 94.4 Å². The first-order chi connectivity index (χ1) is 29.1. The summed E-state index contributed by atoms with van der Waals surface area (Å²) in [6.45, 7) is 14.2. The van der Waals surface area contributed by atoms with Gasteiger partial charge in [-0.1, -0.05) is 136 Å². The maximum Gasteiger partial charge on any atom is 0.0563 e. The maximum absolute atomic E-state index is 2.57. The Balaban J connectivity index is 1.04. The molecule has 2 heteroatoms. The number of benzene rings is 7. The molecule has 0 N–H and O–H groups in total. The second-order valence-electron chi connectivity index (χ2n) is 18.4. The third-order valence-electron chi connectivity index (χ3n) is 14.5. The Morgan fingerprint density at radius 2 is 1.15 bits per heavy atom. The number of allylic oxidation sites excluding steroid dienone is 6. The molecule has 1 unspecified atom stereocenters. The molecule has 0 saturated carbocycles. The molecule has 7 aromatic rings. The molecule has 4 aliphatic rings. The predicted octanol–water partition coefficient (Wildman–Crippen LogP) is 15.7. The first-order valence-corrected chi connectivity index (χ1v) is 21.9. The molecule has 0 fully saturated rings. The monoisotopic (exact) mass is 776 g/mol. The van der Waals surface area contributed by atoms with Gasteiger partial charge in [-0.25, -0.2) is 0 Å². The fourth-order valence-electron chi connectivity index (χ4n) is 11.3. The quantitative estimate of drug-likeness (QED) is 0.155. The Kier molecular flexibility index (Phi) is 8.30. The highest BCUT2D eigenvalue weighted by atomic mass is 15.2. The Hall–Kier alpha value is -6.38. The second-order valence-corrected chi connectivity index (χ2v) is 18.4. The van der Waals surface area contributed by atoms with Gasteiger partial charge in [0.1, 0.15) is 0 Å². The summed E-state index contributed by atoms with van der Waals surface area (Å²) in [5.74, 6) is 0. The van der Waals surface area contributed by atoms with Crippen LogP contribution in [0.2, 0.25) is 0 Å². The molecule has 0 bridgehead atoms. The lowest BCUT2D eigenvalue weighted by Gasteiger charge is -2.36. The molecular formula is C58H52N2. The van der Waals surface area contributed by atoms with E-state index in [0.29, 0.717) is 0 Å². The SMILES string of the molecule is Cc1c2ccc(N(c3ccccc3)c3ccc4c(c3)C(C)(C)C3=C4C=CCC3)cc2c(C)c2cc(N(c3ccccc3)C3C=C4C(=CC3)c3ccccc3C4(C)C)ccc12. The van der Waals surface area contributed by atoms with Gasteiger partial charge in [0.15, 0.2) is 0 Å². The van der Waals surface area contributed by atoms with Crippen molar-refractivity contribution in [2.75, 3.05) is 9.80 Å². The topological polar surface area (TPSA) is 6.48 Å². The van der Waals surface area contributed by atoms with Crippen LogP contribution in [0.15, 0.2) is 175 Å². The van der Waals surface area contributed by atoms with Crippen LogP contribution in [0.5, 0.6) is 0 Å². The fraction of sp³-hybridized carbons (Fsp3) is 0.207. The van der Waals surface area contributed by atoms with Crippen molar-refractivity contribution >= 4 is 61.1 Å². The maximum atomic E-state index is 2.57. The zero-order chi connectivity index (χ0) is 40.9. The van der Waals surface area contributed by atoms with E-state index >= 15 is 0 Å². The molecule has 0 heterocycles. The number of hydrogen-bond acceptors (Lipinski definition) is 2. The lowest BCUT2D eigenvalue weighted by Crippen LogP contribution is -2.32. The molecule has 0 amide bonds. The van der Waals surface area contributed by atoms with E-state index in [0.717, 1.165) is 24.9 Å². The van der Waals surface area contributed by atoms with E-state index < -0.39 is 0 Å². The summed E-state index contributed by atoms with van der Waals surface area (Å²) in [4.78, 5) is 5.03. The van der Waals surface area contributed by atoms with Gasteiger partial charge in [0, 0.05) is 39.3 Å². The second kappa shape index (κ2) is 13.6. The van der Waals surface area contributed by atoms with Gasteiger partial charge in [-0.05, 0) is 165 Å². The third-order valence-corrected chi connectivity index (χ3v) is 14.5. The molecule has 0 aromatic heterocycles. The van der Waals surface area contributed by atoms with Gasteiger partial charge in [0.2, 0.25) is 0 Å². The van der Waals surface area contributed by atoms with Crippen LogP contribution in [0.25, 0.3) is 32.7 Å². The third kappa shape index (κ3) is 5.46. The number of hydrogen-bond donors (Lipinski definition) is 0. The molecular weight excluding hydrogens is 725 g/mol. The van der Waals surface area contributed by atoms with Crippen LogP contribution in [0.4, 0.5) is 28.4 Å². The van der Waals surface area contributed by atoms with Crippen molar-refractivity contribution in [2.24, 2.45) is 0 Å². The molecule has 7 aromatic carbocycles. The Morgan fingerprint density at radius 3 is 1.90 bits per heavy atom. The molecule has 294 valence electrons. The summed E-state index contributed by atoms with van der Waals surface area (Å²) in [7, 11) is 0. The smallest absolute Gasteiger partial charge is 0.0563 e. The Morgan fingerprint density at radius 1 is 0.533 bits per heavy atom. The standard InChI is InChI=1S/C58H52N2/c1-37-45-29-25-41(59(39-17-9-7-10-18-39)43-27-31-49-47-21-13-15-23-53(47)57(3,4)55(49)35-43)33-51(45)38(2)52-34-42(26-30-46(37)52)60(40-19-11-8-12-20-40)44-28-32-50-48-22-14-16-24-54(48)58(5,6)56(50)36-44/h7-15,17-23,25-26,28-36,43H,16,24,27H2,1-6H3. The van der Waals surface area contributed by atoms with Crippen LogP contribution in [-0.2, 0) is 10.8 Å². The van der Waals surface area contributed by atoms with Crippen LogP contribution in [0.3, 0.4) is 0 Å². The van der Waals surface area contributed by atoms with Crippen molar-refractivity contribution in [2.45, 2.75) is 77.7 Å². The highest BCUT2D eigenvalue weighted by Crippen LogP contribution is 2.54. The minimum Gasteiger partial charge on any atom is -0.334 e. The normalized spacial score (nSPS) is 18.1. The van der Waals surface area contributed by atoms with Crippen molar-refractivity contribution in [1.82, 2.24) is 0 Å². The number of para-hydroxylation sites is 2. The summed E-state index contributed by atoms with van der Waals surface area (Å²) in [6.07, 6.45) is 13.0. The Labute approximate surface area is 355 Å². The van der Waals surface area contributed by atoms with E-state index in [1.54, 1.807) is 5.57 Å². The van der Waals surface area contributed by atoms with Gasteiger partial charge in [0.05, 0.1) is 6.04 Å². The first-order valence-electron chi connectivity index (χ1n) is 21.9. The summed E-state index contributed by atoms with van der Waals surface area (Å²) in [6, 6.07) is 52.5. The minimum absolute atomic E-state index is 0.0000860. The number of fused-ring (bicyclic) bond motifs is 7. The zero-order valence-corrected chi connectivity index (χ0v) is 35.7. The van der Waals surface area contributed by atoms with Gasteiger partial charge in [0.25, 0.3) is 0 Å². The number of aryl methyl sites for hydroxylation is 2. The molecule has 4 aliphatic carbocycles. The van der Waals surface area contributed by atoms with Crippen molar-refractivity contribution in [3.05, 3.63) is 208 Å². The summed E-state index contributed by atoms with van der Waals surface area (Å²) in [5, 5.41) is 5.22. The van der Waals surface area contributed by atoms with Crippen molar-refractivity contribution in [3.8, 4) is 0 Å². The van der Waals surface area contributed by atoms with E-state index in [9.17, 15) is 0 Å². The Bertz CT molecular complexity index is 3030. The summed E-state index contributed by atoms with van der Waals surface area (Å²) in [5.41, 5.74) is 20.0. The van der Waals surface area contributed by atoms with Crippen molar-refractivity contribution in [3.63, 3.8) is 0 Å². The van der Waals surface area contributed by atoms with E-state index in [-0.39, 0.29) is 16.9 Å². The predicted molar refractivity (Wildman–Crippen MR) is 256 cm³/mol. The first kappa shape index (κ1) is 36.7. The molecule has 0 radical (unpaired) electrons. The van der Waals surface area contributed by atoms with Gasteiger partial charge in [-0.15, -0.1) is 0 Å². The van der Waals surface area contributed by atoms with E-state index in [1.807, 2.05) is 0 Å². The van der Waals surface area contributed by atoms with Crippen LogP contribution in [0, 0.1) is 13.8 Å². The van der Waals surface area contributed by atoms with E-state index in [2.05, 4.69) is 215 Å². The fourth-order valence-corrected chi connectivity index (χ4v) is 11.3.